The highest BCUT2D eigenvalue weighted by Gasteiger charge is 2.45. The lowest BCUT2D eigenvalue weighted by Crippen LogP contribution is -2.35. The number of H-pyrrole nitrogens is 1. The number of fused-ring (bicyclic) bond motifs is 2. The van der Waals surface area contributed by atoms with E-state index in [-0.39, 0.29) is 46.3 Å². The second-order valence-corrected chi connectivity index (χ2v) is 9.70. The fourth-order valence-electron chi connectivity index (χ4n) is 4.83. The number of hydrogen-bond acceptors (Lipinski definition) is 5. The summed E-state index contributed by atoms with van der Waals surface area (Å²) in [4.78, 5) is 27.8. The number of alkyl halides is 4. The predicted octanol–water partition coefficient (Wildman–Crippen LogP) is 4.46. The standard InChI is InChI=1S/C22H20F5N3O3S/c1-33-18-13(12-6-9-10(7-28)22(26,27)5-4-11(9)34-12)16(23)14(19(24)25)15-17(18)30(8-2-3-8)21(32)29-20(15)31/h6,8,10,19H,2-5,7,28H2,1H3,(H,29,31,32). The van der Waals surface area contributed by atoms with E-state index in [9.17, 15) is 27.2 Å². The van der Waals surface area contributed by atoms with Crippen LogP contribution >= 0.6 is 11.3 Å². The molecule has 6 nitrogen and oxygen atoms in total. The lowest BCUT2D eigenvalue weighted by Gasteiger charge is -2.30. The van der Waals surface area contributed by atoms with Crippen LogP contribution in [0, 0.1) is 5.82 Å². The first-order valence-corrected chi connectivity index (χ1v) is 11.5. The van der Waals surface area contributed by atoms with E-state index in [4.69, 9.17) is 10.5 Å². The Hall–Kier alpha value is -2.73. The summed E-state index contributed by atoms with van der Waals surface area (Å²) in [6.45, 7) is -0.341. The van der Waals surface area contributed by atoms with Gasteiger partial charge in [0, 0.05) is 28.8 Å². The molecular weight excluding hydrogens is 481 g/mol. The number of hydrogen-bond donors (Lipinski definition) is 2. The Kier molecular flexibility index (Phi) is 5.36. The topological polar surface area (TPSA) is 90.1 Å². The first-order valence-electron chi connectivity index (χ1n) is 10.7. The predicted molar refractivity (Wildman–Crippen MR) is 117 cm³/mol. The molecule has 0 aliphatic heterocycles. The van der Waals surface area contributed by atoms with Gasteiger partial charge in [-0.05, 0) is 30.9 Å². The summed E-state index contributed by atoms with van der Waals surface area (Å²) in [5, 5.41) is -0.660. The van der Waals surface area contributed by atoms with E-state index in [1.54, 1.807) is 0 Å². The van der Waals surface area contributed by atoms with Crippen LogP contribution in [0.4, 0.5) is 22.0 Å². The van der Waals surface area contributed by atoms with Crippen molar-refractivity contribution in [2.75, 3.05) is 13.7 Å². The second-order valence-electron chi connectivity index (χ2n) is 8.56. The first-order chi connectivity index (χ1) is 16.1. The zero-order valence-electron chi connectivity index (χ0n) is 17.9. The molecule has 2 heterocycles. The van der Waals surface area contributed by atoms with Crippen LogP contribution in [0.5, 0.6) is 5.75 Å². The molecule has 0 spiro atoms. The number of thiophene rings is 1. The summed E-state index contributed by atoms with van der Waals surface area (Å²) < 4.78 is 79.5. The monoisotopic (exact) mass is 501 g/mol. The van der Waals surface area contributed by atoms with Crippen LogP contribution < -0.4 is 21.7 Å². The number of aromatic nitrogens is 2. The third kappa shape index (κ3) is 3.29. The van der Waals surface area contributed by atoms with Crippen molar-refractivity contribution in [3.8, 4) is 16.2 Å². The van der Waals surface area contributed by atoms with Gasteiger partial charge in [0.05, 0.1) is 29.5 Å². The average molecular weight is 501 g/mol. The molecule has 1 unspecified atom stereocenters. The zero-order valence-corrected chi connectivity index (χ0v) is 18.7. The van der Waals surface area contributed by atoms with Gasteiger partial charge in [0.25, 0.3) is 17.9 Å². The molecule has 2 aromatic heterocycles. The van der Waals surface area contributed by atoms with Gasteiger partial charge in [-0.2, -0.15) is 0 Å². The summed E-state index contributed by atoms with van der Waals surface area (Å²) in [5.74, 6) is -6.00. The van der Waals surface area contributed by atoms with Crippen LogP contribution in [0.25, 0.3) is 21.3 Å². The quantitative estimate of drug-likeness (QED) is 0.505. The van der Waals surface area contributed by atoms with Crippen LogP contribution in [0.3, 0.4) is 0 Å². The van der Waals surface area contributed by atoms with Gasteiger partial charge in [-0.3, -0.25) is 14.3 Å². The maximum absolute atomic E-state index is 15.7. The SMILES string of the molecule is COc1c(-c2cc3c(s2)CCC(F)(F)C3CN)c(F)c(C(F)F)c2c(=O)[nH]c(=O)n(C3CC3)c12. The smallest absolute Gasteiger partial charge is 0.329 e. The van der Waals surface area contributed by atoms with E-state index in [0.29, 0.717) is 17.7 Å². The summed E-state index contributed by atoms with van der Waals surface area (Å²) in [6.07, 6.45) is -2.65. The van der Waals surface area contributed by atoms with Gasteiger partial charge >= 0.3 is 5.69 Å². The third-order valence-electron chi connectivity index (χ3n) is 6.54. The molecule has 0 amide bonds. The van der Waals surface area contributed by atoms with E-state index >= 15 is 4.39 Å². The second kappa shape index (κ2) is 7.91. The normalized spacial score (nSPS) is 19.6. The highest BCUT2D eigenvalue weighted by molar-refractivity contribution is 7.15. The van der Waals surface area contributed by atoms with Gasteiger partial charge in [-0.1, -0.05) is 0 Å². The maximum atomic E-state index is 15.7. The van der Waals surface area contributed by atoms with Crippen molar-refractivity contribution in [3.05, 3.63) is 48.7 Å². The molecule has 0 bridgehead atoms. The molecule has 2 aliphatic rings. The van der Waals surface area contributed by atoms with E-state index in [1.807, 2.05) is 4.98 Å². The first kappa shape index (κ1) is 23.0. The van der Waals surface area contributed by atoms with Crippen LogP contribution in [-0.2, 0) is 6.42 Å². The van der Waals surface area contributed by atoms with Crippen molar-refractivity contribution < 1.29 is 26.7 Å². The Balaban J connectivity index is 1.89. The van der Waals surface area contributed by atoms with Crippen molar-refractivity contribution in [1.29, 1.82) is 0 Å². The van der Waals surface area contributed by atoms with Gasteiger partial charge in [-0.25, -0.2) is 26.7 Å². The summed E-state index contributed by atoms with van der Waals surface area (Å²) >= 11 is 0.992. The molecule has 3 N–H and O–H groups in total. The molecule has 5 rings (SSSR count). The largest absolute Gasteiger partial charge is 0.494 e. The van der Waals surface area contributed by atoms with E-state index < -0.39 is 52.7 Å². The number of benzene rings is 1. The molecule has 182 valence electrons. The highest BCUT2D eigenvalue weighted by atomic mass is 32.1. The molecule has 0 radical (unpaired) electrons. The number of methoxy groups -OCH3 is 1. The summed E-state index contributed by atoms with van der Waals surface area (Å²) in [5.41, 5.74) is 2.12. The Morgan fingerprint density at radius 1 is 1.32 bits per heavy atom. The van der Waals surface area contributed by atoms with Crippen molar-refractivity contribution in [3.63, 3.8) is 0 Å². The fourth-order valence-corrected chi connectivity index (χ4v) is 6.09. The number of aromatic amines is 1. The molecule has 1 saturated carbocycles. The van der Waals surface area contributed by atoms with Crippen LogP contribution in [0.15, 0.2) is 15.7 Å². The van der Waals surface area contributed by atoms with Gasteiger partial charge in [0.1, 0.15) is 11.3 Å². The minimum absolute atomic E-state index is 0.0230. The molecule has 34 heavy (non-hydrogen) atoms. The number of ether oxygens (including phenoxy) is 1. The van der Waals surface area contributed by atoms with Crippen LogP contribution in [-0.4, -0.2) is 29.1 Å². The van der Waals surface area contributed by atoms with Crippen molar-refractivity contribution >= 4 is 22.2 Å². The average Bonchev–Trinajstić information content (AvgIpc) is 3.51. The number of halogens is 5. The number of aryl methyl sites for hydroxylation is 1. The lowest BCUT2D eigenvalue weighted by atomic mass is 9.84. The fraction of sp³-hybridized carbons (Fsp3) is 0.455. The number of rotatable bonds is 5. The maximum Gasteiger partial charge on any atom is 0.329 e. The van der Waals surface area contributed by atoms with E-state index in [1.165, 1.54) is 13.2 Å². The number of nitrogens with one attached hydrogen (secondary N) is 1. The van der Waals surface area contributed by atoms with Crippen molar-refractivity contribution in [2.45, 2.75) is 50.0 Å². The molecule has 1 fully saturated rings. The van der Waals surface area contributed by atoms with Crippen molar-refractivity contribution in [2.24, 2.45) is 5.73 Å². The highest BCUT2D eigenvalue weighted by Crippen LogP contribution is 2.51. The Morgan fingerprint density at radius 3 is 2.62 bits per heavy atom. The molecule has 12 heteroatoms. The number of nitrogens with two attached hydrogens (primary N) is 1. The molecule has 1 aromatic carbocycles. The van der Waals surface area contributed by atoms with Gasteiger partial charge in [0.2, 0.25) is 0 Å². The third-order valence-corrected chi connectivity index (χ3v) is 7.77. The van der Waals surface area contributed by atoms with Gasteiger partial charge in [-0.15, -0.1) is 11.3 Å². The van der Waals surface area contributed by atoms with Crippen LogP contribution in [0.1, 0.15) is 53.7 Å². The molecule has 3 aromatic rings. The van der Waals surface area contributed by atoms with E-state index in [0.717, 1.165) is 15.9 Å². The molecule has 2 aliphatic carbocycles. The van der Waals surface area contributed by atoms with Gasteiger partial charge < -0.3 is 10.5 Å². The minimum atomic E-state index is -3.38. The lowest BCUT2D eigenvalue weighted by molar-refractivity contribution is -0.0381. The van der Waals surface area contributed by atoms with Crippen molar-refractivity contribution in [1.82, 2.24) is 9.55 Å². The molecule has 1 atom stereocenters. The Morgan fingerprint density at radius 2 is 2.03 bits per heavy atom. The zero-order chi connectivity index (χ0) is 24.5. The summed E-state index contributed by atoms with van der Waals surface area (Å²) in [7, 11) is 1.17. The van der Waals surface area contributed by atoms with E-state index in [2.05, 4.69) is 0 Å². The number of nitrogens with zero attached hydrogens (tertiary/aromatic N) is 1. The Bertz CT molecular complexity index is 1420. The molecule has 0 saturated heterocycles. The summed E-state index contributed by atoms with van der Waals surface area (Å²) in [6, 6.07) is 0.973. The van der Waals surface area contributed by atoms with Gasteiger partial charge in [0.15, 0.2) is 5.75 Å². The van der Waals surface area contributed by atoms with Crippen LogP contribution in [0.2, 0.25) is 0 Å². The molecular formula is C22H20F5N3O3S. The minimum Gasteiger partial charge on any atom is -0.494 e. The Labute approximate surface area is 193 Å².